The third-order valence-electron chi connectivity index (χ3n) is 6.16. The summed E-state index contributed by atoms with van der Waals surface area (Å²) < 4.78 is 5.76. The predicted molar refractivity (Wildman–Crippen MR) is 131 cm³/mol. The van der Waals surface area contributed by atoms with Gasteiger partial charge in [0.15, 0.2) is 5.96 Å². The second kappa shape index (κ2) is 11.5. The molecule has 6 nitrogen and oxygen atoms in total. The van der Waals surface area contributed by atoms with Crippen LogP contribution in [-0.2, 0) is 6.54 Å². The average Bonchev–Trinajstić information content (AvgIpc) is 3.37. The zero-order chi connectivity index (χ0) is 21.3. The predicted octanol–water partition coefficient (Wildman–Crippen LogP) is 3.73. The van der Waals surface area contributed by atoms with E-state index in [-0.39, 0.29) is 6.04 Å². The third kappa shape index (κ3) is 6.20. The lowest BCUT2D eigenvalue weighted by atomic mass is 10.1. The molecule has 1 aromatic carbocycles. The molecule has 0 saturated carbocycles. The van der Waals surface area contributed by atoms with Crippen molar-refractivity contribution in [3.05, 3.63) is 54.0 Å². The van der Waals surface area contributed by atoms with Gasteiger partial charge in [0.1, 0.15) is 5.76 Å². The van der Waals surface area contributed by atoms with Crippen molar-refractivity contribution in [2.24, 2.45) is 4.99 Å². The number of hydrogen-bond acceptors (Lipinski definition) is 5. The summed E-state index contributed by atoms with van der Waals surface area (Å²) in [6.07, 6.45) is 5.62. The molecular weight excluding hydrogens is 406 g/mol. The second-order valence-electron chi connectivity index (χ2n) is 8.20. The van der Waals surface area contributed by atoms with E-state index in [1.165, 1.54) is 42.0 Å². The fourth-order valence-electron chi connectivity index (χ4n) is 4.37. The second-order valence-corrected chi connectivity index (χ2v) is 9.43. The summed E-state index contributed by atoms with van der Waals surface area (Å²) in [5.74, 6) is 4.30. The van der Waals surface area contributed by atoms with Crippen molar-refractivity contribution >= 4 is 23.4 Å². The first-order valence-electron chi connectivity index (χ1n) is 11.5. The van der Waals surface area contributed by atoms with Crippen molar-refractivity contribution in [2.45, 2.75) is 31.8 Å². The molecule has 0 radical (unpaired) electrons. The molecule has 0 aliphatic carbocycles. The van der Waals surface area contributed by atoms with E-state index in [9.17, 15) is 0 Å². The Morgan fingerprint density at radius 3 is 2.48 bits per heavy atom. The topological polar surface area (TPSA) is 56.0 Å². The minimum absolute atomic E-state index is 0.232. The van der Waals surface area contributed by atoms with Crippen LogP contribution in [0.15, 0.2) is 52.1 Å². The number of guanidine groups is 1. The van der Waals surface area contributed by atoms with Crippen LogP contribution in [0.4, 0.5) is 5.69 Å². The van der Waals surface area contributed by atoms with E-state index in [0.29, 0.717) is 0 Å². The molecule has 2 aliphatic rings. The minimum atomic E-state index is 0.232. The van der Waals surface area contributed by atoms with Gasteiger partial charge >= 0.3 is 0 Å². The van der Waals surface area contributed by atoms with Gasteiger partial charge < -0.3 is 20.0 Å². The van der Waals surface area contributed by atoms with Gasteiger partial charge in [-0.3, -0.25) is 9.89 Å². The number of hydrogen-bond donors (Lipinski definition) is 2. The summed E-state index contributed by atoms with van der Waals surface area (Å²) in [5.41, 5.74) is 2.59. The summed E-state index contributed by atoms with van der Waals surface area (Å²) in [6, 6.07) is 13.2. The van der Waals surface area contributed by atoms with Crippen molar-refractivity contribution in [1.82, 2.24) is 15.5 Å². The highest BCUT2D eigenvalue weighted by Gasteiger charge is 2.24. The molecule has 2 fully saturated rings. The molecule has 2 N–H and O–H groups in total. The molecule has 168 valence electrons. The highest BCUT2D eigenvalue weighted by atomic mass is 32.2. The number of rotatable bonds is 7. The monoisotopic (exact) mass is 441 g/mol. The fourth-order valence-corrected chi connectivity index (χ4v) is 5.27. The Morgan fingerprint density at radius 1 is 1.03 bits per heavy atom. The van der Waals surface area contributed by atoms with Gasteiger partial charge in [-0.25, -0.2) is 0 Å². The molecule has 7 heteroatoms. The van der Waals surface area contributed by atoms with Gasteiger partial charge in [0.2, 0.25) is 0 Å². The van der Waals surface area contributed by atoms with Crippen molar-refractivity contribution in [2.75, 3.05) is 56.2 Å². The van der Waals surface area contributed by atoms with Crippen LogP contribution in [0.3, 0.4) is 0 Å². The zero-order valence-electron chi connectivity index (χ0n) is 18.6. The maximum atomic E-state index is 5.76. The molecule has 0 bridgehead atoms. The third-order valence-corrected chi connectivity index (χ3v) is 7.10. The molecule has 2 aromatic rings. The number of furan rings is 1. The standard InChI is InChI=1S/C24H35N5OS/c1-25-24(26-18-20-7-9-21(10-8-20)28-13-16-31-17-14-28)27-19-22(23-6-5-15-30-23)29-11-3-2-4-12-29/h5-10,15,22H,2-4,11-14,16-19H2,1H3,(H2,25,26,27). The van der Waals surface area contributed by atoms with Crippen LogP contribution >= 0.6 is 11.8 Å². The number of thioether (sulfide) groups is 1. The van der Waals surface area contributed by atoms with Crippen molar-refractivity contribution in [3.63, 3.8) is 0 Å². The van der Waals surface area contributed by atoms with Crippen LogP contribution in [-0.4, -0.2) is 62.1 Å². The average molecular weight is 442 g/mol. The molecule has 1 atom stereocenters. The van der Waals surface area contributed by atoms with Crippen LogP contribution in [0.5, 0.6) is 0 Å². The van der Waals surface area contributed by atoms with Gasteiger partial charge in [0.25, 0.3) is 0 Å². The Bertz CT molecular complexity index is 796. The van der Waals surface area contributed by atoms with Crippen molar-refractivity contribution in [3.8, 4) is 0 Å². The van der Waals surface area contributed by atoms with E-state index >= 15 is 0 Å². The quantitative estimate of drug-likeness (QED) is 0.504. The van der Waals surface area contributed by atoms with Crippen molar-refractivity contribution < 1.29 is 4.42 Å². The van der Waals surface area contributed by atoms with Gasteiger partial charge in [0.05, 0.1) is 12.3 Å². The summed E-state index contributed by atoms with van der Waals surface area (Å²) in [5, 5.41) is 6.98. The molecule has 1 unspecified atom stereocenters. The molecule has 0 spiro atoms. The Balaban J connectivity index is 1.29. The summed E-state index contributed by atoms with van der Waals surface area (Å²) >= 11 is 2.04. The van der Waals surface area contributed by atoms with Crippen LogP contribution in [0.25, 0.3) is 0 Å². The molecular formula is C24H35N5OS. The highest BCUT2D eigenvalue weighted by molar-refractivity contribution is 7.99. The number of likely N-dealkylation sites (tertiary alicyclic amines) is 1. The van der Waals surface area contributed by atoms with Crippen LogP contribution in [0.1, 0.15) is 36.6 Å². The van der Waals surface area contributed by atoms with Gasteiger partial charge in [0, 0.05) is 50.4 Å². The highest BCUT2D eigenvalue weighted by Crippen LogP contribution is 2.24. The van der Waals surface area contributed by atoms with E-state index in [1.54, 1.807) is 6.26 Å². The molecule has 0 amide bonds. The number of piperidine rings is 1. The van der Waals surface area contributed by atoms with E-state index in [1.807, 2.05) is 24.9 Å². The smallest absolute Gasteiger partial charge is 0.191 e. The molecule has 4 rings (SSSR count). The van der Waals surface area contributed by atoms with Crippen LogP contribution < -0.4 is 15.5 Å². The Labute approximate surface area is 190 Å². The molecule has 3 heterocycles. The van der Waals surface area contributed by atoms with Gasteiger partial charge in [-0.2, -0.15) is 11.8 Å². The maximum absolute atomic E-state index is 5.76. The van der Waals surface area contributed by atoms with Gasteiger partial charge in [-0.1, -0.05) is 18.6 Å². The Morgan fingerprint density at radius 2 is 1.81 bits per heavy atom. The maximum Gasteiger partial charge on any atom is 0.191 e. The number of nitrogens with one attached hydrogen (secondary N) is 2. The van der Waals surface area contributed by atoms with E-state index in [2.05, 4.69) is 55.8 Å². The minimum Gasteiger partial charge on any atom is -0.468 e. The molecule has 2 aliphatic heterocycles. The Hall–Kier alpha value is -2.12. The summed E-state index contributed by atoms with van der Waals surface area (Å²) in [7, 11) is 1.83. The lowest BCUT2D eigenvalue weighted by Crippen LogP contribution is -2.44. The van der Waals surface area contributed by atoms with Gasteiger partial charge in [-0.05, 0) is 55.8 Å². The normalized spacial score (nSPS) is 19.3. The largest absolute Gasteiger partial charge is 0.468 e. The van der Waals surface area contributed by atoms with E-state index < -0.39 is 0 Å². The fraction of sp³-hybridized carbons (Fsp3) is 0.542. The number of aliphatic imine (C=N–C) groups is 1. The number of benzene rings is 1. The van der Waals surface area contributed by atoms with E-state index in [4.69, 9.17) is 4.42 Å². The Kier molecular flexibility index (Phi) is 8.18. The lowest BCUT2D eigenvalue weighted by molar-refractivity contribution is 0.146. The summed E-state index contributed by atoms with van der Waals surface area (Å²) in [6.45, 7) is 6.08. The molecule has 1 aromatic heterocycles. The van der Waals surface area contributed by atoms with Crippen molar-refractivity contribution in [1.29, 1.82) is 0 Å². The first kappa shape index (κ1) is 22.1. The zero-order valence-corrected chi connectivity index (χ0v) is 19.4. The van der Waals surface area contributed by atoms with Crippen LogP contribution in [0.2, 0.25) is 0 Å². The van der Waals surface area contributed by atoms with Crippen LogP contribution in [0, 0.1) is 0 Å². The SMILES string of the molecule is CN=C(NCc1ccc(N2CCSCC2)cc1)NCC(c1ccco1)N1CCCCC1. The lowest BCUT2D eigenvalue weighted by Gasteiger charge is -2.33. The molecule has 31 heavy (non-hydrogen) atoms. The first-order valence-corrected chi connectivity index (χ1v) is 12.6. The van der Waals surface area contributed by atoms with Gasteiger partial charge in [-0.15, -0.1) is 0 Å². The first-order chi connectivity index (χ1) is 15.3. The summed E-state index contributed by atoms with van der Waals surface area (Å²) in [4.78, 5) is 9.43. The number of anilines is 1. The molecule has 2 saturated heterocycles. The number of nitrogens with zero attached hydrogens (tertiary/aromatic N) is 3. The van der Waals surface area contributed by atoms with E-state index in [0.717, 1.165) is 51.0 Å².